The molecule has 0 N–H and O–H groups in total. The van der Waals surface area contributed by atoms with E-state index in [2.05, 4.69) is 9.47 Å². The summed E-state index contributed by atoms with van der Waals surface area (Å²) in [5.41, 5.74) is -2.04. The number of halogens is 3. The third-order valence-corrected chi connectivity index (χ3v) is 3.95. The molecule has 0 bridgehead atoms. The number of hydrogen-bond donors (Lipinski definition) is 0. The summed E-state index contributed by atoms with van der Waals surface area (Å²) in [6.07, 6.45) is -4.79. The van der Waals surface area contributed by atoms with E-state index >= 15 is 0 Å². The molecule has 0 spiro atoms. The Labute approximate surface area is 130 Å². The van der Waals surface area contributed by atoms with Gasteiger partial charge in [0.15, 0.2) is 0 Å². The van der Waals surface area contributed by atoms with Crippen LogP contribution in [0.1, 0.15) is 22.8 Å². The number of hydrogen-bond acceptors (Lipinski definition) is 6. The summed E-state index contributed by atoms with van der Waals surface area (Å²) in [5, 5.41) is 0. The molecule has 0 saturated heterocycles. The van der Waals surface area contributed by atoms with Crippen LogP contribution < -0.4 is 0 Å². The van der Waals surface area contributed by atoms with Gasteiger partial charge in [0.05, 0.1) is 24.8 Å². The van der Waals surface area contributed by atoms with Gasteiger partial charge in [-0.05, 0) is 19.1 Å². The van der Waals surface area contributed by atoms with Gasteiger partial charge in [-0.2, -0.15) is 13.2 Å². The molecule has 0 fully saturated rings. The van der Waals surface area contributed by atoms with Crippen LogP contribution >= 0.6 is 8.03 Å². The van der Waals surface area contributed by atoms with Crippen molar-refractivity contribution in [2.24, 2.45) is 0 Å². The molecule has 0 radical (unpaired) electrons. The summed E-state index contributed by atoms with van der Waals surface area (Å²) in [4.78, 5) is 23.4. The number of carbonyl (C=O) groups is 2. The number of benzene rings is 1. The van der Waals surface area contributed by atoms with Crippen LogP contribution in [0.25, 0.3) is 0 Å². The topological polar surface area (TPSA) is 78.9 Å². The van der Waals surface area contributed by atoms with E-state index < -0.39 is 43.1 Å². The van der Waals surface area contributed by atoms with Gasteiger partial charge in [0, 0.05) is 0 Å². The highest BCUT2D eigenvalue weighted by Crippen LogP contribution is 2.35. The van der Waals surface area contributed by atoms with Gasteiger partial charge < -0.3 is 14.0 Å². The fourth-order valence-electron chi connectivity index (χ4n) is 1.60. The second-order valence-electron chi connectivity index (χ2n) is 4.10. The van der Waals surface area contributed by atoms with Crippen molar-refractivity contribution >= 4 is 20.0 Å². The van der Waals surface area contributed by atoms with Crippen LogP contribution in [0.15, 0.2) is 24.3 Å². The van der Waals surface area contributed by atoms with Crippen molar-refractivity contribution in [3.05, 3.63) is 35.4 Å². The molecule has 2 unspecified atom stereocenters. The predicted octanol–water partition coefficient (Wildman–Crippen LogP) is 2.87. The molecular formula is C13H14F3O6P. The number of ether oxygens (including phenoxy) is 2. The molecule has 10 heteroatoms. The molecule has 23 heavy (non-hydrogen) atoms. The molecule has 128 valence electrons. The first-order chi connectivity index (χ1) is 10.7. The minimum Gasteiger partial charge on any atom is -0.466 e. The average Bonchev–Trinajstić information content (AvgIpc) is 2.51. The summed E-state index contributed by atoms with van der Waals surface area (Å²) in [7, 11) is -2.24. The Morgan fingerprint density at radius 1 is 1.26 bits per heavy atom. The van der Waals surface area contributed by atoms with Crippen molar-refractivity contribution < 1.29 is 41.3 Å². The van der Waals surface area contributed by atoms with Crippen LogP contribution in [0.4, 0.5) is 13.2 Å². The largest absolute Gasteiger partial charge is 0.466 e. The van der Waals surface area contributed by atoms with Crippen molar-refractivity contribution in [3.63, 3.8) is 0 Å². The molecule has 0 amide bonds. The molecule has 0 heterocycles. The first-order valence-electron chi connectivity index (χ1n) is 6.34. The van der Waals surface area contributed by atoms with Gasteiger partial charge in [0.1, 0.15) is 0 Å². The monoisotopic (exact) mass is 354 g/mol. The van der Waals surface area contributed by atoms with Crippen LogP contribution in [0.5, 0.6) is 0 Å². The van der Waals surface area contributed by atoms with E-state index in [-0.39, 0.29) is 6.61 Å². The minimum atomic E-state index is -4.79. The Kier molecular flexibility index (Phi) is 6.78. The number of carbonyl (C=O) groups excluding carboxylic acids is 2. The lowest BCUT2D eigenvalue weighted by Crippen LogP contribution is -2.27. The number of methoxy groups -OCH3 is 1. The highest BCUT2D eigenvalue weighted by atomic mass is 31.1. The van der Waals surface area contributed by atoms with E-state index in [1.165, 1.54) is 13.0 Å². The van der Waals surface area contributed by atoms with Gasteiger partial charge in [0.25, 0.3) is 5.85 Å². The Hall–Kier alpha value is -1.86. The molecule has 1 aromatic rings. The zero-order chi connectivity index (χ0) is 17.6. The molecule has 0 saturated carbocycles. The molecular weight excluding hydrogens is 340 g/mol. The lowest BCUT2D eigenvalue weighted by atomic mass is 10.1. The van der Waals surface area contributed by atoms with Crippen LogP contribution in [-0.4, -0.2) is 31.5 Å². The van der Waals surface area contributed by atoms with E-state index in [0.29, 0.717) is 6.07 Å². The summed E-state index contributed by atoms with van der Waals surface area (Å²) in [6.45, 7) is 1.44. The maximum atomic E-state index is 12.9. The van der Waals surface area contributed by atoms with Crippen LogP contribution in [-0.2, 0) is 29.5 Å². The summed E-state index contributed by atoms with van der Waals surface area (Å²) in [5.74, 6) is -4.55. The van der Waals surface area contributed by atoms with Gasteiger partial charge in [-0.15, -0.1) is 0 Å². The van der Waals surface area contributed by atoms with E-state index in [4.69, 9.17) is 4.52 Å². The Bertz CT molecular complexity index is 602. The van der Waals surface area contributed by atoms with Crippen LogP contribution in [0, 0.1) is 0 Å². The van der Waals surface area contributed by atoms with Crippen molar-refractivity contribution in [2.75, 3.05) is 13.7 Å². The Balaban J connectivity index is 3.09. The first-order valence-corrected chi connectivity index (χ1v) is 7.73. The normalized spacial score (nSPS) is 14.0. The molecule has 0 aliphatic heterocycles. The van der Waals surface area contributed by atoms with Gasteiger partial charge in [0.2, 0.25) is 8.03 Å². The molecule has 2 atom stereocenters. The maximum Gasteiger partial charge on any atom is 0.417 e. The van der Waals surface area contributed by atoms with Gasteiger partial charge in [-0.3, -0.25) is 4.57 Å². The summed E-state index contributed by atoms with van der Waals surface area (Å²) in [6, 6.07) is 3.87. The lowest BCUT2D eigenvalue weighted by molar-refractivity contribution is -0.146. The van der Waals surface area contributed by atoms with Crippen molar-refractivity contribution in [2.45, 2.75) is 18.9 Å². The fraction of sp³-hybridized carbons (Fsp3) is 0.385. The molecule has 6 nitrogen and oxygen atoms in total. The zero-order valence-electron chi connectivity index (χ0n) is 12.2. The number of esters is 2. The summed E-state index contributed by atoms with van der Waals surface area (Å²) < 4.78 is 64.0. The molecule has 1 rings (SSSR count). The standard InChI is InChI=1S/C13H14F3O6P/c1-3-21-23(19)12(11(18)20-2)22-10(17)8-6-4-5-7-9(8)13(14,15)16/h4-7,12,23H,3H2,1-2H3. The number of rotatable bonds is 6. The molecule has 0 aliphatic carbocycles. The maximum absolute atomic E-state index is 12.9. The van der Waals surface area contributed by atoms with Gasteiger partial charge >= 0.3 is 18.1 Å². The van der Waals surface area contributed by atoms with Crippen LogP contribution in [0.2, 0.25) is 0 Å². The lowest BCUT2D eigenvalue weighted by Gasteiger charge is -2.17. The highest BCUT2D eigenvalue weighted by Gasteiger charge is 2.37. The van der Waals surface area contributed by atoms with E-state index in [1.807, 2.05) is 0 Å². The third kappa shape index (κ3) is 5.07. The van der Waals surface area contributed by atoms with E-state index in [0.717, 1.165) is 19.2 Å². The first kappa shape index (κ1) is 19.2. The fourth-order valence-corrected chi connectivity index (χ4v) is 2.55. The second-order valence-corrected chi connectivity index (χ2v) is 5.56. The minimum absolute atomic E-state index is 0.0397. The molecule has 0 aliphatic rings. The van der Waals surface area contributed by atoms with E-state index in [9.17, 15) is 27.3 Å². The Morgan fingerprint density at radius 3 is 2.39 bits per heavy atom. The van der Waals surface area contributed by atoms with Crippen molar-refractivity contribution in [3.8, 4) is 0 Å². The van der Waals surface area contributed by atoms with Crippen LogP contribution in [0.3, 0.4) is 0 Å². The third-order valence-electron chi connectivity index (χ3n) is 2.59. The molecule has 1 aromatic carbocycles. The van der Waals surface area contributed by atoms with Crippen molar-refractivity contribution in [1.82, 2.24) is 0 Å². The van der Waals surface area contributed by atoms with Crippen molar-refractivity contribution in [1.29, 1.82) is 0 Å². The Morgan fingerprint density at radius 2 is 1.87 bits per heavy atom. The van der Waals surface area contributed by atoms with Gasteiger partial charge in [-0.1, -0.05) is 12.1 Å². The van der Waals surface area contributed by atoms with E-state index in [1.54, 1.807) is 0 Å². The average molecular weight is 354 g/mol. The summed E-state index contributed by atoms with van der Waals surface area (Å²) >= 11 is 0. The smallest absolute Gasteiger partial charge is 0.417 e. The zero-order valence-corrected chi connectivity index (χ0v) is 13.2. The second kappa shape index (κ2) is 8.12. The quantitative estimate of drug-likeness (QED) is 0.577. The molecule has 0 aromatic heterocycles. The number of alkyl halides is 3. The highest BCUT2D eigenvalue weighted by molar-refractivity contribution is 7.41. The van der Waals surface area contributed by atoms with Gasteiger partial charge in [-0.25, -0.2) is 9.59 Å². The SMILES string of the molecule is CCO[PH](=O)C(OC(=O)c1ccccc1C(F)(F)F)C(=O)OC. The predicted molar refractivity (Wildman–Crippen MR) is 73.3 cm³/mol.